The fourth-order valence-corrected chi connectivity index (χ4v) is 18.3. The maximum absolute atomic E-state index is 9.00. The summed E-state index contributed by atoms with van der Waals surface area (Å²) in [6, 6.07) is 121. The molecule has 0 saturated carbocycles. The van der Waals surface area contributed by atoms with Crippen LogP contribution in [0.4, 0.5) is 34.1 Å². The van der Waals surface area contributed by atoms with Crippen molar-refractivity contribution in [2.24, 2.45) is 0 Å². The van der Waals surface area contributed by atoms with Crippen molar-refractivity contribution in [3.63, 3.8) is 0 Å². The third-order valence-corrected chi connectivity index (χ3v) is 24.9. The van der Waals surface area contributed by atoms with Crippen LogP contribution < -0.4 is 9.80 Å². The Hall–Kier alpha value is -9.20. The van der Waals surface area contributed by atoms with Gasteiger partial charge < -0.3 is 24.0 Å². The van der Waals surface area contributed by atoms with E-state index in [0.29, 0.717) is 23.7 Å². The smallest absolute Gasteiger partial charge is 2.00 e. The first-order chi connectivity index (χ1) is 67.9. The van der Waals surface area contributed by atoms with E-state index in [1.165, 1.54) is 175 Å². The molecular formula is C122H120Cl4K2N10O2Pt2. The number of para-hydroxylation sites is 2. The summed E-state index contributed by atoms with van der Waals surface area (Å²) in [4.78, 5) is 33.8. The molecule has 0 aliphatic rings. The molecule has 0 atom stereocenters. The minimum Gasteiger partial charge on any atom is 2.00 e. The van der Waals surface area contributed by atoms with E-state index in [9.17, 15) is 0 Å². The standard InChI is InChI=1S/C60H59N5.C60H57N5.C2H4O2.4ClH.2K.2Pt/c2*1-40(2)53-36-48(44-20-12-9-13-21-44)37-54(41(3)4)57(53)63-32-30-61-59(63)46-24-18-28-51(34-46)65(50-26-16-11-17-27-50)52-29-19-25-47(35-52)60-62-31-33-64(60)58-55(42(5)6)38-49(39-56(58)43(7)8)45-22-14-10-15-23-45;1-2(3)4;;;;;;;;/h9-43H,1-8H3;9-33,36-43H,1-8H3;1H3,(H,3,4);4*1H;;;;/q;-2;;;;;;;;+2;+4/p-4. The van der Waals surface area contributed by atoms with Crippen molar-refractivity contribution in [3.05, 3.63) is 422 Å². The minimum atomic E-state index is -3.06. The Morgan fingerprint density at radius 1 is 0.282 bits per heavy atom. The van der Waals surface area contributed by atoms with Gasteiger partial charge in [0.1, 0.15) is 11.6 Å². The summed E-state index contributed by atoms with van der Waals surface area (Å²) in [7, 11) is 20.0. The Balaban J connectivity index is 0.000000215. The SMILES string of the molecule is CC(=O)O.CC(C)c1cc(-c2ccccc2)cc(C(C)C)c1-n1ccnc1-c1[c-]c(N(c2[c-]c(-c3nccn3-c3c(C(C)C)cc(-c4ccccc4)cc3C(C)C)ccc2)c2ccccc2)ccc1.CC(C)c1cc(-c2ccccc2)cc(C(C)C)c1-n1ccnc1-c1cccc(N(c2ccccc2)c2cccc(-c3nccn3-c3c(C(C)C)cc(-c4ccccc4)cc3C(C)C)c2)c1.[Cl][Pt]([Cl])([Cl])[Cl].[K][K].[Pt+2]. The van der Waals surface area contributed by atoms with Crippen LogP contribution in [-0.2, 0) is 37.8 Å². The van der Waals surface area contributed by atoms with Crippen molar-refractivity contribution < 1.29 is 42.9 Å². The number of anilines is 6. The van der Waals surface area contributed by atoms with Gasteiger partial charge in [-0.05, 0) is 245 Å². The molecule has 0 bridgehead atoms. The molecule has 0 saturated heterocycles. The molecule has 14 aromatic carbocycles. The summed E-state index contributed by atoms with van der Waals surface area (Å²) in [5.41, 5.74) is 34.8. The topological polar surface area (TPSA) is 115 Å². The number of hydrogen-bond donors (Lipinski definition) is 1. The molecule has 0 aliphatic carbocycles. The van der Waals surface area contributed by atoms with Crippen molar-refractivity contribution in [1.82, 2.24) is 38.2 Å². The summed E-state index contributed by atoms with van der Waals surface area (Å²) in [5.74, 6) is 5.00. The molecule has 0 unspecified atom stereocenters. The van der Waals surface area contributed by atoms with Gasteiger partial charge in [0, 0.05) is 102 Å². The van der Waals surface area contributed by atoms with E-state index in [1.54, 1.807) is 0 Å². The van der Waals surface area contributed by atoms with Crippen molar-refractivity contribution in [3.8, 4) is 113 Å². The Bertz CT molecular complexity index is 6300. The number of carbonyl (C=O) groups is 1. The van der Waals surface area contributed by atoms with Crippen LogP contribution in [0.2, 0.25) is 0 Å². The molecule has 0 aliphatic heterocycles. The van der Waals surface area contributed by atoms with Crippen molar-refractivity contribution in [2.45, 2.75) is 165 Å². The molecule has 4 aromatic heterocycles. The second-order valence-corrected chi connectivity index (χ2v) is 57.0. The maximum Gasteiger partial charge on any atom is 2.00 e. The molecule has 18 rings (SSSR count). The van der Waals surface area contributed by atoms with Gasteiger partial charge in [0.05, 0.1) is 23.0 Å². The van der Waals surface area contributed by atoms with E-state index in [4.69, 9.17) is 67.5 Å². The number of hydrogen-bond acceptors (Lipinski definition) is 7. The minimum absolute atomic E-state index is 0. The van der Waals surface area contributed by atoms with Crippen LogP contribution in [0.25, 0.3) is 113 Å². The molecule has 12 nitrogen and oxygen atoms in total. The Morgan fingerprint density at radius 2 is 0.479 bits per heavy atom. The van der Waals surface area contributed by atoms with E-state index < -0.39 is 17.9 Å². The average Bonchev–Trinajstić information content (AvgIpc) is 1.01. The molecular weight excluding hydrogens is 2250 g/mol. The zero-order valence-electron chi connectivity index (χ0n) is 84.2. The molecule has 720 valence electrons. The van der Waals surface area contributed by atoms with Crippen molar-refractivity contribution >= 4 is 141 Å². The number of benzene rings is 14. The predicted octanol–water partition coefficient (Wildman–Crippen LogP) is 35.1. The van der Waals surface area contributed by atoms with Gasteiger partial charge >= 0.3 is 134 Å². The number of carboxylic acid groups (broad SMARTS) is 1. The van der Waals surface area contributed by atoms with Gasteiger partial charge in [-0.3, -0.25) is 23.9 Å². The summed E-state index contributed by atoms with van der Waals surface area (Å²) < 4.78 is 9.18. The summed E-state index contributed by atoms with van der Waals surface area (Å²) in [6.45, 7) is 37.7. The Morgan fingerprint density at radius 3 is 0.718 bits per heavy atom. The van der Waals surface area contributed by atoms with Crippen LogP contribution in [0, 0.1) is 12.1 Å². The van der Waals surface area contributed by atoms with E-state index in [0.717, 1.165) is 86.6 Å². The van der Waals surface area contributed by atoms with Crippen LogP contribution >= 0.6 is 37.7 Å². The van der Waals surface area contributed by atoms with Gasteiger partial charge in [-0.1, -0.05) is 293 Å². The zero-order chi connectivity index (χ0) is 100. The number of carboxylic acids is 1. The second kappa shape index (κ2) is 51.2. The maximum atomic E-state index is 9.00. The number of halogens is 4. The van der Waals surface area contributed by atoms with Gasteiger partial charge in [-0.2, -0.15) is 0 Å². The molecule has 18 aromatic rings. The quantitative estimate of drug-likeness (QED) is 0.0421. The zero-order valence-corrected chi connectivity index (χ0v) is 98.0. The Kier molecular flexibility index (Phi) is 39.7. The number of aliphatic carboxylic acids is 1. The second-order valence-electron chi connectivity index (χ2n) is 37.3. The van der Waals surface area contributed by atoms with E-state index in [1.807, 2.05) is 24.8 Å². The number of imidazole rings is 4. The van der Waals surface area contributed by atoms with Gasteiger partial charge in [0.25, 0.3) is 5.97 Å². The average molecular weight is 2370 g/mol. The van der Waals surface area contributed by atoms with Crippen LogP contribution in [0.5, 0.6) is 0 Å². The van der Waals surface area contributed by atoms with Gasteiger partial charge in [0.2, 0.25) is 0 Å². The predicted molar refractivity (Wildman–Crippen MR) is 593 cm³/mol. The van der Waals surface area contributed by atoms with Crippen LogP contribution in [0.15, 0.2) is 365 Å². The van der Waals surface area contributed by atoms with E-state index >= 15 is 0 Å². The van der Waals surface area contributed by atoms with E-state index in [2.05, 4.69) is 491 Å². The van der Waals surface area contributed by atoms with E-state index in [-0.39, 0.29) is 44.7 Å². The number of aromatic nitrogens is 8. The summed E-state index contributed by atoms with van der Waals surface area (Å²) in [5, 5.41) is 7.42. The van der Waals surface area contributed by atoms with Gasteiger partial charge in [-0.25, -0.2) is 9.97 Å². The summed E-state index contributed by atoms with van der Waals surface area (Å²) >= 11 is -0.556. The largest absolute Gasteiger partial charge is 2.00 e. The van der Waals surface area contributed by atoms with Gasteiger partial charge in [-0.15, -0.1) is 59.7 Å². The van der Waals surface area contributed by atoms with Gasteiger partial charge in [0.15, 0.2) is 0 Å². The van der Waals surface area contributed by atoms with Crippen molar-refractivity contribution in [1.29, 1.82) is 0 Å². The molecule has 142 heavy (non-hydrogen) atoms. The molecule has 1 N–H and O–H groups in total. The number of rotatable bonds is 26. The Labute approximate surface area is 918 Å². The fourth-order valence-electron chi connectivity index (χ4n) is 18.3. The molecule has 0 amide bonds. The normalized spacial score (nSPS) is 11.4. The van der Waals surface area contributed by atoms with Crippen molar-refractivity contribution in [2.75, 3.05) is 9.80 Å². The molecule has 0 spiro atoms. The fraction of sp³-hybridized carbons (Fsp3) is 0.205. The third-order valence-electron chi connectivity index (χ3n) is 24.9. The van der Waals surface area contributed by atoms with Crippen LogP contribution in [0.1, 0.15) is 210 Å². The first-order valence-electron chi connectivity index (χ1n) is 48.6. The molecule has 20 heteroatoms. The third kappa shape index (κ3) is 26.8. The molecule has 0 fully saturated rings. The monoisotopic (exact) mass is 2360 g/mol. The van der Waals surface area contributed by atoms with Crippen LogP contribution in [-0.4, -0.2) is 112 Å². The number of nitrogens with zero attached hydrogens (tertiary/aromatic N) is 10. The first kappa shape index (κ1) is 110. The molecule has 4 heterocycles. The summed E-state index contributed by atoms with van der Waals surface area (Å²) in [6.07, 6.45) is 16.2. The van der Waals surface area contributed by atoms with Crippen LogP contribution in [0.3, 0.4) is 0 Å². The first-order valence-corrected chi connectivity index (χ1v) is 75.9. The molecule has 0 radical (unpaired) electrons.